The Hall–Kier alpha value is -1.95. The van der Waals surface area contributed by atoms with Gasteiger partial charge in [0.1, 0.15) is 0 Å². The molecule has 0 atom stereocenters. The number of aliphatic hydroxyl groups is 1. The molecule has 6 heteroatoms. The van der Waals surface area contributed by atoms with Gasteiger partial charge in [-0.25, -0.2) is 0 Å². The van der Waals surface area contributed by atoms with Crippen LogP contribution in [0.25, 0.3) is 0 Å². The van der Waals surface area contributed by atoms with Crippen LogP contribution in [0, 0.1) is 0 Å². The van der Waals surface area contributed by atoms with Crippen molar-refractivity contribution >= 4 is 5.96 Å². The Labute approximate surface area is 156 Å². The van der Waals surface area contributed by atoms with E-state index < -0.39 is 5.60 Å². The lowest BCUT2D eigenvalue weighted by molar-refractivity contribution is 0.0571. The Morgan fingerprint density at radius 2 is 1.85 bits per heavy atom. The van der Waals surface area contributed by atoms with Gasteiger partial charge in [-0.1, -0.05) is 12.8 Å². The van der Waals surface area contributed by atoms with Crippen molar-refractivity contribution in [3.63, 3.8) is 0 Å². The predicted octanol–water partition coefficient (Wildman–Crippen LogP) is 2.33. The zero-order chi connectivity index (χ0) is 18.6. The summed E-state index contributed by atoms with van der Waals surface area (Å²) in [6.45, 7) is 5.04. The SMILES string of the molecule is CCNC(=NCC1(O)CCCC1)N1CCc2cc(OC)c(OC)cc2C1. The fourth-order valence-electron chi connectivity index (χ4n) is 3.90. The molecule has 26 heavy (non-hydrogen) atoms. The van der Waals surface area contributed by atoms with Crippen molar-refractivity contribution in [2.45, 2.75) is 51.2 Å². The predicted molar refractivity (Wildman–Crippen MR) is 103 cm³/mol. The van der Waals surface area contributed by atoms with Crippen LogP contribution in [0.1, 0.15) is 43.7 Å². The molecule has 1 fully saturated rings. The van der Waals surface area contributed by atoms with Gasteiger partial charge >= 0.3 is 0 Å². The Morgan fingerprint density at radius 3 is 2.46 bits per heavy atom. The van der Waals surface area contributed by atoms with Crippen molar-refractivity contribution in [1.29, 1.82) is 0 Å². The lowest BCUT2D eigenvalue weighted by atomic mass is 9.99. The first kappa shape index (κ1) is 18.8. The second-order valence-corrected chi connectivity index (χ2v) is 7.25. The maximum absolute atomic E-state index is 10.6. The molecular weight excluding hydrogens is 330 g/mol. The third-order valence-electron chi connectivity index (χ3n) is 5.41. The average molecular weight is 361 g/mol. The van der Waals surface area contributed by atoms with Crippen LogP contribution in [-0.2, 0) is 13.0 Å². The van der Waals surface area contributed by atoms with Crippen LogP contribution < -0.4 is 14.8 Å². The average Bonchev–Trinajstić information content (AvgIpc) is 3.10. The molecule has 1 aliphatic heterocycles. The van der Waals surface area contributed by atoms with Crippen molar-refractivity contribution in [3.05, 3.63) is 23.3 Å². The number of ether oxygens (including phenoxy) is 2. The Balaban J connectivity index is 1.77. The number of fused-ring (bicyclic) bond motifs is 1. The van der Waals surface area contributed by atoms with E-state index in [1.165, 1.54) is 11.1 Å². The number of guanidine groups is 1. The van der Waals surface area contributed by atoms with Crippen LogP contribution in [-0.4, -0.2) is 55.4 Å². The first-order valence-electron chi connectivity index (χ1n) is 9.58. The van der Waals surface area contributed by atoms with Crippen molar-refractivity contribution in [1.82, 2.24) is 10.2 Å². The first-order chi connectivity index (χ1) is 12.6. The topological polar surface area (TPSA) is 66.3 Å². The van der Waals surface area contributed by atoms with E-state index >= 15 is 0 Å². The van der Waals surface area contributed by atoms with Gasteiger partial charge in [-0.15, -0.1) is 0 Å². The summed E-state index contributed by atoms with van der Waals surface area (Å²) < 4.78 is 10.9. The summed E-state index contributed by atoms with van der Waals surface area (Å²) in [7, 11) is 3.34. The summed E-state index contributed by atoms with van der Waals surface area (Å²) in [5, 5.41) is 14.0. The molecule has 6 nitrogen and oxygen atoms in total. The van der Waals surface area contributed by atoms with Crippen LogP contribution in [0.4, 0.5) is 0 Å². The first-order valence-corrected chi connectivity index (χ1v) is 9.58. The molecule has 0 bridgehead atoms. The maximum Gasteiger partial charge on any atom is 0.194 e. The molecule has 2 N–H and O–H groups in total. The van der Waals surface area contributed by atoms with E-state index in [4.69, 9.17) is 14.5 Å². The summed E-state index contributed by atoms with van der Waals surface area (Å²) in [5.74, 6) is 2.42. The van der Waals surface area contributed by atoms with Crippen LogP contribution >= 0.6 is 0 Å². The smallest absolute Gasteiger partial charge is 0.194 e. The summed E-state index contributed by atoms with van der Waals surface area (Å²) in [5.41, 5.74) is 1.91. The van der Waals surface area contributed by atoms with E-state index in [1.54, 1.807) is 14.2 Å². The monoisotopic (exact) mass is 361 g/mol. The normalized spacial score (nSPS) is 19.2. The number of hydrogen-bond acceptors (Lipinski definition) is 4. The van der Waals surface area contributed by atoms with E-state index in [-0.39, 0.29) is 0 Å². The molecule has 0 aromatic heterocycles. The summed E-state index contributed by atoms with van der Waals surface area (Å²) in [6, 6.07) is 4.14. The molecule has 3 rings (SSSR count). The number of benzene rings is 1. The van der Waals surface area contributed by atoms with E-state index in [9.17, 15) is 5.11 Å². The van der Waals surface area contributed by atoms with Crippen LogP contribution in [0.3, 0.4) is 0 Å². The molecule has 2 aliphatic rings. The van der Waals surface area contributed by atoms with E-state index in [0.29, 0.717) is 6.54 Å². The minimum Gasteiger partial charge on any atom is -0.493 e. The molecule has 1 aliphatic carbocycles. The molecule has 1 aromatic rings. The van der Waals surface area contributed by atoms with Crippen LogP contribution in [0.15, 0.2) is 17.1 Å². The van der Waals surface area contributed by atoms with E-state index in [2.05, 4.69) is 29.3 Å². The molecule has 1 heterocycles. The quantitative estimate of drug-likeness (QED) is 0.622. The van der Waals surface area contributed by atoms with Crippen molar-refractivity contribution < 1.29 is 14.6 Å². The molecule has 1 saturated carbocycles. The Bertz CT molecular complexity index is 654. The zero-order valence-corrected chi connectivity index (χ0v) is 16.2. The van der Waals surface area contributed by atoms with Gasteiger partial charge in [0.25, 0.3) is 0 Å². The highest BCUT2D eigenvalue weighted by atomic mass is 16.5. The molecule has 1 aromatic carbocycles. The summed E-state index contributed by atoms with van der Waals surface area (Å²) in [4.78, 5) is 7.03. The van der Waals surface area contributed by atoms with Crippen LogP contribution in [0.5, 0.6) is 11.5 Å². The number of nitrogens with zero attached hydrogens (tertiary/aromatic N) is 2. The Kier molecular flexibility index (Phi) is 5.91. The van der Waals surface area contributed by atoms with Gasteiger partial charge in [0.2, 0.25) is 0 Å². The maximum atomic E-state index is 10.6. The highest BCUT2D eigenvalue weighted by Gasteiger charge is 2.31. The highest BCUT2D eigenvalue weighted by molar-refractivity contribution is 5.80. The summed E-state index contributed by atoms with van der Waals surface area (Å²) >= 11 is 0. The highest BCUT2D eigenvalue weighted by Crippen LogP contribution is 2.33. The third kappa shape index (κ3) is 4.06. The van der Waals surface area contributed by atoms with Gasteiger partial charge in [0.15, 0.2) is 17.5 Å². The van der Waals surface area contributed by atoms with Gasteiger partial charge in [-0.05, 0) is 49.4 Å². The van der Waals surface area contributed by atoms with Gasteiger partial charge in [-0.2, -0.15) is 0 Å². The lowest BCUT2D eigenvalue weighted by Gasteiger charge is -2.33. The Morgan fingerprint density at radius 1 is 1.19 bits per heavy atom. The largest absolute Gasteiger partial charge is 0.493 e. The van der Waals surface area contributed by atoms with Crippen molar-refractivity contribution in [2.24, 2.45) is 4.99 Å². The minimum atomic E-state index is -0.620. The van der Waals surface area contributed by atoms with Gasteiger partial charge in [-0.3, -0.25) is 4.99 Å². The van der Waals surface area contributed by atoms with Crippen molar-refractivity contribution in [3.8, 4) is 11.5 Å². The zero-order valence-electron chi connectivity index (χ0n) is 16.2. The number of aliphatic imine (C=N–C) groups is 1. The second kappa shape index (κ2) is 8.16. The van der Waals surface area contributed by atoms with Gasteiger partial charge in [0.05, 0.1) is 26.4 Å². The molecule has 0 amide bonds. The van der Waals surface area contributed by atoms with E-state index in [1.807, 2.05) is 0 Å². The molecular formula is C20H31N3O3. The van der Waals surface area contributed by atoms with Crippen molar-refractivity contribution in [2.75, 3.05) is 33.9 Å². The summed E-state index contributed by atoms with van der Waals surface area (Å²) in [6.07, 6.45) is 4.85. The number of nitrogens with one attached hydrogen (secondary N) is 1. The standard InChI is InChI=1S/C20H31N3O3/c1-4-21-19(22-14-20(24)8-5-6-9-20)23-10-7-15-11-17(25-2)18(26-3)12-16(15)13-23/h11-12,24H,4-10,13-14H2,1-3H3,(H,21,22). The number of rotatable bonds is 5. The minimum absolute atomic E-state index is 0.477. The fraction of sp³-hybridized carbons (Fsp3) is 0.650. The molecule has 0 radical (unpaired) electrons. The molecule has 0 saturated heterocycles. The van der Waals surface area contributed by atoms with Gasteiger partial charge < -0.3 is 24.8 Å². The molecule has 0 unspecified atom stereocenters. The van der Waals surface area contributed by atoms with Gasteiger partial charge in [0, 0.05) is 19.6 Å². The van der Waals surface area contributed by atoms with E-state index in [0.717, 1.165) is 69.2 Å². The molecule has 0 spiro atoms. The van der Waals surface area contributed by atoms with Crippen LogP contribution in [0.2, 0.25) is 0 Å². The lowest BCUT2D eigenvalue weighted by Crippen LogP contribution is -2.45. The molecule has 144 valence electrons. The second-order valence-electron chi connectivity index (χ2n) is 7.25. The number of methoxy groups -OCH3 is 2. The third-order valence-corrected chi connectivity index (χ3v) is 5.41. The fourth-order valence-corrected chi connectivity index (χ4v) is 3.90. The number of hydrogen-bond donors (Lipinski definition) is 2.